The Hall–Kier alpha value is -2.33. The molecule has 0 aromatic heterocycles. The topological polar surface area (TPSA) is 58.6 Å². The van der Waals surface area contributed by atoms with Gasteiger partial charge in [0, 0.05) is 5.69 Å². The van der Waals surface area contributed by atoms with Crippen LogP contribution in [0, 0.1) is 0 Å². The van der Waals surface area contributed by atoms with Gasteiger partial charge in [-0.3, -0.25) is 0 Å². The van der Waals surface area contributed by atoms with Gasteiger partial charge in [0.2, 0.25) is 0 Å². The van der Waals surface area contributed by atoms with E-state index in [1.54, 1.807) is 0 Å². The lowest BCUT2D eigenvalue weighted by Gasteiger charge is -2.25. The summed E-state index contributed by atoms with van der Waals surface area (Å²) in [6.07, 6.45) is 0. The van der Waals surface area contributed by atoms with Crippen molar-refractivity contribution in [2.75, 3.05) is 5.32 Å². The molecule has 0 bridgehead atoms. The highest BCUT2D eigenvalue weighted by Gasteiger charge is 2.26. The molecule has 0 radical (unpaired) electrons. The third-order valence-electron chi connectivity index (χ3n) is 3.22. The Kier molecular flexibility index (Phi) is 5.40. The van der Waals surface area contributed by atoms with Crippen molar-refractivity contribution in [3.63, 3.8) is 0 Å². The maximum atomic E-state index is 12.6. The van der Waals surface area contributed by atoms with E-state index in [0.717, 1.165) is 16.8 Å². The number of carbonyl (C=O) groups excluding carboxylic acids is 1. The number of aliphatic hydroxyl groups is 1. The van der Waals surface area contributed by atoms with Crippen LogP contribution in [0.2, 0.25) is 0 Å². The highest BCUT2D eigenvalue weighted by atomic mass is 16.6. The first-order chi connectivity index (χ1) is 10.9. The molecule has 0 saturated heterocycles. The van der Waals surface area contributed by atoms with Gasteiger partial charge in [0.15, 0.2) is 6.04 Å². The molecule has 2 aromatic carbocycles. The molecule has 2 rings (SSSR count). The molecule has 0 heterocycles. The molecule has 0 amide bonds. The summed E-state index contributed by atoms with van der Waals surface area (Å²) < 4.78 is 5.53. The lowest BCUT2D eigenvalue weighted by Crippen LogP contribution is -2.31. The molecule has 0 fully saturated rings. The first kappa shape index (κ1) is 17.0. The molecule has 23 heavy (non-hydrogen) atoms. The molecule has 0 saturated carbocycles. The lowest BCUT2D eigenvalue weighted by atomic mass is 10.1. The van der Waals surface area contributed by atoms with Crippen molar-refractivity contribution in [2.24, 2.45) is 0 Å². The van der Waals surface area contributed by atoms with Gasteiger partial charge in [-0.2, -0.15) is 0 Å². The molecule has 0 aliphatic rings. The van der Waals surface area contributed by atoms with E-state index in [2.05, 4.69) is 5.32 Å². The first-order valence-electron chi connectivity index (χ1n) is 7.63. The Morgan fingerprint density at radius 3 is 2.22 bits per heavy atom. The summed E-state index contributed by atoms with van der Waals surface area (Å²) in [7, 11) is 0. The molecule has 4 nitrogen and oxygen atoms in total. The molecule has 1 unspecified atom stereocenters. The SMILES string of the molecule is CC(C)(C)OC(=O)C(Nc1ccc(CO)cc1)c1ccccc1. The fraction of sp³-hybridized carbons (Fsp3) is 0.316. The Morgan fingerprint density at radius 2 is 1.70 bits per heavy atom. The monoisotopic (exact) mass is 313 g/mol. The van der Waals surface area contributed by atoms with Crippen LogP contribution in [0.1, 0.15) is 37.9 Å². The summed E-state index contributed by atoms with van der Waals surface area (Å²) in [5.74, 6) is -0.324. The number of nitrogens with one attached hydrogen (secondary N) is 1. The van der Waals surface area contributed by atoms with Gasteiger partial charge in [-0.25, -0.2) is 4.79 Å². The van der Waals surface area contributed by atoms with Crippen LogP contribution < -0.4 is 5.32 Å². The zero-order valence-electron chi connectivity index (χ0n) is 13.7. The minimum atomic E-state index is -0.588. The summed E-state index contributed by atoms with van der Waals surface area (Å²) >= 11 is 0. The molecule has 122 valence electrons. The Bertz CT molecular complexity index is 630. The van der Waals surface area contributed by atoms with Gasteiger partial charge in [-0.1, -0.05) is 42.5 Å². The second kappa shape index (κ2) is 7.29. The number of ether oxygens (including phenoxy) is 1. The van der Waals surface area contributed by atoms with Crippen LogP contribution in [0.5, 0.6) is 0 Å². The number of hydrogen-bond donors (Lipinski definition) is 2. The van der Waals surface area contributed by atoms with Crippen LogP contribution >= 0.6 is 0 Å². The zero-order valence-corrected chi connectivity index (χ0v) is 13.7. The molecule has 0 aliphatic carbocycles. The smallest absolute Gasteiger partial charge is 0.333 e. The maximum absolute atomic E-state index is 12.6. The summed E-state index contributed by atoms with van der Waals surface area (Å²) in [5.41, 5.74) is 1.91. The number of rotatable bonds is 5. The maximum Gasteiger partial charge on any atom is 0.333 e. The summed E-state index contributed by atoms with van der Waals surface area (Å²) in [6.45, 7) is 5.55. The van der Waals surface area contributed by atoms with Crippen LogP contribution in [-0.2, 0) is 16.1 Å². The number of anilines is 1. The number of benzene rings is 2. The van der Waals surface area contributed by atoms with Gasteiger partial charge < -0.3 is 15.2 Å². The second-order valence-electron chi connectivity index (χ2n) is 6.38. The van der Waals surface area contributed by atoms with Gasteiger partial charge in [0.25, 0.3) is 0 Å². The average molecular weight is 313 g/mol. The van der Waals surface area contributed by atoms with Gasteiger partial charge >= 0.3 is 5.97 Å². The lowest BCUT2D eigenvalue weighted by molar-refractivity contribution is -0.156. The van der Waals surface area contributed by atoms with E-state index >= 15 is 0 Å². The van der Waals surface area contributed by atoms with E-state index in [1.165, 1.54) is 0 Å². The van der Waals surface area contributed by atoms with Crippen LogP contribution in [0.15, 0.2) is 54.6 Å². The standard InChI is InChI=1S/C19H23NO3/c1-19(2,3)23-18(22)17(15-7-5-4-6-8-15)20-16-11-9-14(13-21)10-12-16/h4-12,17,20-21H,13H2,1-3H3. The average Bonchev–Trinajstić information content (AvgIpc) is 2.52. The molecule has 1 atom stereocenters. The van der Waals surface area contributed by atoms with Crippen molar-refractivity contribution in [3.8, 4) is 0 Å². The van der Waals surface area contributed by atoms with Crippen molar-refractivity contribution in [3.05, 3.63) is 65.7 Å². The van der Waals surface area contributed by atoms with Crippen molar-refractivity contribution in [1.29, 1.82) is 0 Å². The van der Waals surface area contributed by atoms with Crippen molar-refractivity contribution in [1.82, 2.24) is 0 Å². The van der Waals surface area contributed by atoms with Gasteiger partial charge in [-0.05, 0) is 44.0 Å². The molecule has 0 aliphatic heterocycles. The largest absolute Gasteiger partial charge is 0.458 e. The predicted octanol–water partition coefficient (Wildman–Crippen LogP) is 3.67. The molecule has 0 spiro atoms. The first-order valence-corrected chi connectivity index (χ1v) is 7.63. The summed E-state index contributed by atoms with van der Waals surface area (Å²) in [6, 6.07) is 16.2. The Morgan fingerprint density at radius 1 is 1.09 bits per heavy atom. The van der Waals surface area contributed by atoms with Crippen LogP contribution in [-0.4, -0.2) is 16.7 Å². The fourth-order valence-electron chi connectivity index (χ4n) is 2.16. The van der Waals surface area contributed by atoms with Gasteiger partial charge in [-0.15, -0.1) is 0 Å². The molecule has 2 N–H and O–H groups in total. The minimum Gasteiger partial charge on any atom is -0.458 e. The second-order valence-corrected chi connectivity index (χ2v) is 6.38. The number of aliphatic hydroxyl groups excluding tert-OH is 1. The number of hydrogen-bond acceptors (Lipinski definition) is 4. The normalized spacial score (nSPS) is 12.5. The molecule has 2 aromatic rings. The Labute approximate surface area is 137 Å². The highest BCUT2D eigenvalue weighted by molar-refractivity contribution is 5.81. The zero-order chi connectivity index (χ0) is 16.9. The third-order valence-corrected chi connectivity index (χ3v) is 3.22. The van der Waals surface area contributed by atoms with Crippen molar-refractivity contribution < 1.29 is 14.6 Å². The Balaban J connectivity index is 2.24. The number of esters is 1. The third kappa shape index (κ3) is 5.11. The van der Waals surface area contributed by atoms with E-state index in [1.807, 2.05) is 75.4 Å². The van der Waals surface area contributed by atoms with Crippen LogP contribution in [0.25, 0.3) is 0 Å². The van der Waals surface area contributed by atoms with E-state index in [9.17, 15) is 4.79 Å². The van der Waals surface area contributed by atoms with Gasteiger partial charge in [0.1, 0.15) is 5.60 Å². The summed E-state index contributed by atoms with van der Waals surface area (Å²) in [5, 5.41) is 12.3. The van der Waals surface area contributed by atoms with Gasteiger partial charge in [0.05, 0.1) is 6.61 Å². The molecular weight excluding hydrogens is 290 g/mol. The predicted molar refractivity (Wildman–Crippen MR) is 91.0 cm³/mol. The highest BCUT2D eigenvalue weighted by Crippen LogP contribution is 2.23. The fourth-order valence-corrected chi connectivity index (χ4v) is 2.16. The van der Waals surface area contributed by atoms with Crippen molar-refractivity contribution in [2.45, 2.75) is 39.0 Å². The van der Waals surface area contributed by atoms with Crippen molar-refractivity contribution >= 4 is 11.7 Å². The number of carbonyl (C=O) groups is 1. The summed E-state index contributed by atoms with van der Waals surface area (Å²) in [4.78, 5) is 12.6. The quantitative estimate of drug-likeness (QED) is 0.827. The molecule has 4 heteroatoms. The van der Waals surface area contributed by atoms with E-state index in [4.69, 9.17) is 9.84 Å². The molecular formula is C19H23NO3. The van der Waals surface area contributed by atoms with E-state index in [-0.39, 0.29) is 12.6 Å². The van der Waals surface area contributed by atoms with E-state index in [0.29, 0.717) is 0 Å². The minimum absolute atomic E-state index is 0.00550. The van der Waals surface area contributed by atoms with Crippen LogP contribution in [0.3, 0.4) is 0 Å². The van der Waals surface area contributed by atoms with E-state index < -0.39 is 11.6 Å². The van der Waals surface area contributed by atoms with Crippen LogP contribution in [0.4, 0.5) is 5.69 Å².